The van der Waals surface area contributed by atoms with E-state index >= 15 is 0 Å². The Morgan fingerprint density at radius 3 is 2.64 bits per heavy atom. The van der Waals surface area contributed by atoms with Gasteiger partial charge in [0.2, 0.25) is 0 Å². The predicted octanol–water partition coefficient (Wildman–Crippen LogP) is 3.84. The van der Waals surface area contributed by atoms with Crippen molar-refractivity contribution in [2.24, 2.45) is 0 Å². The van der Waals surface area contributed by atoms with Gasteiger partial charge >= 0.3 is 5.97 Å². The highest BCUT2D eigenvalue weighted by Gasteiger charge is 2.21. The normalized spacial score (nSPS) is 10.4. The molecule has 0 aliphatic rings. The molecule has 0 atom stereocenters. The molecule has 0 aliphatic carbocycles. The summed E-state index contributed by atoms with van der Waals surface area (Å²) in [6.45, 7) is 3.51. The van der Waals surface area contributed by atoms with Gasteiger partial charge in [-0.3, -0.25) is 4.79 Å². The molecule has 7 heteroatoms. The third-order valence-electron chi connectivity index (χ3n) is 3.89. The van der Waals surface area contributed by atoms with E-state index in [0.717, 1.165) is 5.56 Å². The number of carbonyl (C=O) groups excluding carboxylic acids is 2. The minimum atomic E-state index is -0.454. The standard InChI is InChI=1S/C21H20N2O5/c1-3-26-18(24)13-27-17-11-7-10-16(12-17)22-21(25)19-14(2)28-23-20(19)15-8-5-4-6-9-15/h4-12H,3,13H2,1-2H3,(H,22,25). The van der Waals surface area contributed by atoms with Crippen LogP contribution in [0.25, 0.3) is 11.3 Å². The van der Waals surface area contributed by atoms with Crippen LogP contribution in [-0.2, 0) is 9.53 Å². The summed E-state index contributed by atoms with van der Waals surface area (Å²) in [4.78, 5) is 24.2. The second-order valence-corrected chi connectivity index (χ2v) is 5.90. The van der Waals surface area contributed by atoms with Crippen LogP contribution in [0.3, 0.4) is 0 Å². The van der Waals surface area contributed by atoms with Gasteiger partial charge in [-0.15, -0.1) is 0 Å². The van der Waals surface area contributed by atoms with Gasteiger partial charge in [-0.05, 0) is 26.0 Å². The van der Waals surface area contributed by atoms with Crippen molar-refractivity contribution in [3.05, 3.63) is 65.9 Å². The van der Waals surface area contributed by atoms with Crippen LogP contribution >= 0.6 is 0 Å². The molecule has 3 rings (SSSR count). The van der Waals surface area contributed by atoms with Crippen molar-refractivity contribution >= 4 is 17.6 Å². The lowest BCUT2D eigenvalue weighted by atomic mass is 10.1. The number of hydrogen-bond acceptors (Lipinski definition) is 6. The first-order chi connectivity index (χ1) is 13.6. The van der Waals surface area contributed by atoms with Crippen LogP contribution in [0.2, 0.25) is 0 Å². The third-order valence-corrected chi connectivity index (χ3v) is 3.89. The van der Waals surface area contributed by atoms with E-state index in [2.05, 4.69) is 10.5 Å². The third kappa shape index (κ3) is 4.56. The number of aromatic nitrogens is 1. The van der Waals surface area contributed by atoms with Crippen LogP contribution in [-0.4, -0.2) is 30.2 Å². The van der Waals surface area contributed by atoms with Crippen molar-refractivity contribution in [2.75, 3.05) is 18.5 Å². The van der Waals surface area contributed by atoms with Gasteiger partial charge in [0.15, 0.2) is 6.61 Å². The molecule has 0 radical (unpaired) electrons. The van der Waals surface area contributed by atoms with Crippen molar-refractivity contribution in [2.45, 2.75) is 13.8 Å². The van der Waals surface area contributed by atoms with Gasteiger partial charge in [-0.1, -0.05) is 41.6 Å². The highest BCUT2D eigenvalue weighted by molar-refractivity contribution is 6.08. The number of esters is 1. The number of benzene rings is 2. The van der Waals surface area contributed by atoms with Crippen molar-refractivity contribution in [1.29, 1.82) is 0 Å². The topological polar surface area (TPSA) is 90.7 Å². The van der Waals surface area contributed by atoms with E-state index in [1.54, 1.807) is 38.1 Å². The molecule has 0 bridgehead atoms. The molecule has 1 heterocycles. The number of rotatable bonds is 7. The molecular weight excluding hydrogens is 360 g/mol. The quantitative estimate of drug-likeness (QED) is 0.626. The summed E-state index contributed by atoms with van der Waals surface area (Å²) in [5.41, 5.74) is 2.15. The molecule has 0 saturated heterocycles. The van der Waals surface area contributed by atoms with Crippen molar-refractivity contribution in [1.82, 2.24) is 5.16 Å². The number of carbonyl (C=O) groups is 2. The maximum absolute atomic E-state index is 12.8. The van der Waals surface area contributed by atoms with Gasteiger partial charge in [-0.25, -0.2) is 4.79 Å². The summed E-state index contributed by atoms with van der Waals surface area (Å²) in [6.07, 6.45) is 0. The summed E-state index contributed by atoms with van der Waals surface area (Å²) in [7, 11) is 0. The fraction of sp³-hybridized carbons (Fsp3) is 0.190. The number of ether oxygens (including phenoxy) is 2. The fourth-order valence-electron chi connectivity index (χ4n) is 2.63. The molecule has 1 aromatic heterocycles. The lowest BCUT2D eigenvalue weighted by molar-refractivity contribution is -0.145. The number of nitrogens with one attached hydrogen (secondary N) is 1. The molecule has 3 aromatic rings. The van der Waals surface area contributed by atoms with Crippen molar-refractivity contribution in [3.8, 4) is 17.0 Å². The molecule has 1 N–H and O–H groups in total. The zero-order valence-corrected chi connectivity index (χ0v) is 15.6. The van der Waals surface area contributed by atoms with Crippen LogP contribution in [0.4, 0.5) is 5.69 Å². The summed E-state index contributed by atoms with van der Waals surface area (Å²) in [5, 5.41) is 6.83. The molecule has 28 heavy (non-hydrogen) atoms. The molecule has 0 fully saturated rings. The molecule has 0 aliphatic heterocycles. The Balaban J connectivity index is 1.75. The van der Waals surface area contributed by atoms with E-state index in [4.69, 9.17) is 14.0 Å². The van der Waals surface area contributed by atoms with Gasteiger partial charge < -0.3 is 19.3 Å². The Kier molecular flexibility index (Phi) is 6.06. The van der Waals surface area contributed by atoms with Crippen LogP contribution in [0.1, 0.15) is 23.0 Å². The second kappa shape index (κ2) is 8.85. The fourth-order valence-corrected chi connectivity index (χ4v) is 2.63. The van der Waals surface area contributed by atoms with E-state index < -0.39 is 5.97 Å². The highest BCUT2D eigenvalue weighted by Crippen LogP contribution is 2.26. The summed E-state index contributed by atoms with van der Waals surface area (Å²) >= 11 is 0. The molecule has 0 unspecified atom stereocenters. The number of hydrogen-bond donors (Lipinski definition) is 1. The van der Waals surface area contributed by atoms with Gasteiger partial charge in [0.25, 0.3) is 5.91 Å². The monoisotopic (exact) mass is 380 g/mol. The Labute approximate surface area is 162 Å². The molecular formula is C21H20N2O5. The maximum atomic E-state index is 12.8. The van der Waals surface area contributed by atoms with E-state index in [0.29, 0.717) is 35.1 Å². The summed E-state index contributed by atoms with van der Waals surface area (Å²) in [6, 6.07) is 16.1. The molecule has 0 spiro atoms. The van der Waals surface area contributed by atoms with E-state index in [9.17, 15) is 9.59 Å². The number of anilines is 1. The average Bonchev–Trinajstić information content (AvgIpc) is 3.09. The zero-order valence-electron chi connectivity index (χ0n) is 15.6. The van der Waals surface area contributed by atoms with Crippen molar-refractivity contribution < 1.29 is 23.6 Å². The average molecular weight is 380 g/mol. The number of aryl methyl sites for hydroxylation is 1. The van der Waals surface area contributed by atoms with Gasteiger partial charge in [0.1, 0.15) is 22.8 Å². The zero-order chi connectivity index (χ0) is 19.9. The summed E-state index contributed by atoms with van der Waals surface area (Å²) in [5.74, 6) is 0.0620. The maximum Gasteiger partial charge on any atom is 0.344 e. The minimum absolute atomic E-state index is 0.200. The van der Waals surface area contributed by atoms with Gasteiger partial charge in [0.05, 0.1) is 6.61 Å². The van der Waals surface area contributed by atoms with Crippen LogP contribution in [0.5, 0.6) is 5.75 Å². The minimum Gasteiger partial charge on any atom is -0.482 e. The smallest absolute Gasteiger partial charge is 0.344 e. The lowest BCUT2D eigenvalue weighted by Gasteiger charge is -2.09. The van der Waals surface area contributed by atoms with Crippen molar-refractivity contribution in [3.63, 3.8) is 0 Å². The first kappa shape index (κ1) is 19.2. The number of amides is 1. The first-order valence-electron chi connectivity index (χ1n) is 8.80. The Hall–Kier alpha value is -3.61. The molecule has 1 amide bonds. The first-order valence-corrected chi connectivity index (χ1v) is 8.80. The van der Waals surface area contributed by atoms with Crippen LogP contribution in [0, 0.1) is 6.92 Å². The molecule has 7 nitrogen and oxygen atoms in total. The van der Waals surface area contributed by atoms with Crippen LogP contribution in [0.15, 0.2) is 59.1 Å². The molecule has 2 aromatic carbocycles. The molecule has 144 valence electrons. The molecule has 0 saturated carbocycles. The highest BCUT2D eigenvalue weighted by atomic mass is 16.6. The Morgan fingerprint density at radius 1 is 1.11 bits per heavy atom. The van der Waals surface area contributed by atoms with Crippen LogP contribution < -0.4 is 10.1 Å². The SMILES string of the molecule is CCOC(=O)COc1cccc(NC(=O)c2c(-c3ccccc3)noc2C)c1. The second-order valence-electron chi connectivity index (χ2n) is 5.90. The van der Waals surface area contributed by atoms with Gasteiger partial charge in [-0.2, -0.15) is 0 Å². The van der Waals surface area contributed by atoms with E-state index in [1.807, 2.05) is 30.3 Å². The Bertz CT molecular complexity index is 966. The van der Waals surface area contributed by atoms with Gasteiger partial charge in [0, 0.05) is 17.3 Å². The number of nitrogens with zero attached hydrogens (tertiary/aromatic N) is 1. The predicted molar refractivity (Wildman–Crippen MR) is 103 cm³/mol. The van der Waals surface area contributed by atoms with E-state index in [-0.39, 0.29) is 12.5 Å². The Morgan fingerprint density at radius 2 is 1.89 bits per heavy atom. The summed E-state index contributed by atoms with van der Waals surface area (Å²) < 4.78 is 15.5. The lowest BCUT2D eigenvalue weighted by Crippen LogP contribution is -2.15. The van der Waals surface area contributed by atoms with E-state index in [1.165, 1.54) is 0 Å². The largest absolute Gasteiger partial charge is 0.482 e.